The van der Waals surface area contributed by atoms with Crippen LogP contribution in [-0.2, 0) is 25.7 Å². The number of carbonyl (C=O) groups is 5. The number of benzene rings is 1. The third kappa shape index (κ3) is 9.46. The summed E-state index contributed by atoms with van der Waals surface area (Å²) in [7, 11) is 0. The molecule has 0 aromatic heterocycles. The number of nitrogens with one attached hydrogen (secondary N) is 3. The van der Waals surface area contributed by atoms with Crippen molar-refractivity contribution in [2.75, 3.05) is 6.54 Å². The van der Waals surface area contributed by atoms with Crippen LogP contribution in [0.5, 0.6) is 0 Å². The first kappa shape index (κ1) is 33.9. The van der Waals surface area contributed by atoms with E-state index >= 15 is 0 Å². The Hall–Kier alpha value is -3.57. The largest absolute Gasteiger partial charge is 0.465 e. The van der Waals surface area contributed by atoms with E-state index in [2.05, 4.69) is 16.0 Å². The average molecular weight is 607 g/mol. The Balaban J connectivity index is 1.85. The van der Waals surface area contributed by atoms with Crippen LogP contribution in [0.2, 0.25) is 0 Å². The van der Waals surface area contributed by atoms with Gasteiger partial charge in [-0.25, -0.2) is 13.6 Å². The number of hydrogen-bond acceptors (Lipinski definition) is 5. The number of rotatable bonds is 11. The molecule has 2 fully saturated rings. The quantitative estimate of drug-likeness (QED) is 0.280. The molecule has 1 aromatic rings. The van der Waals surface area contributed by atoms with Crippen molar-refractivity contribution in [3.05, 3.63) is 35.9 Å². The molecule has 3 unspecified atom stereocenters. The second kappa shape index (κ2) is 13.8. The van der Waals surface area contributed by atoms with Crippen LogP contribution in [-0.4, -0.2) is 70.2 Å². The lowest BCUT2D eigenvalue weighted by molar-refractivity contribution is -0.144. The first-order valence-electron chi connectivity index (χ1n) is 14.9. The number of ketones is 1. The zero-order valence-corrected chi connectivity index (χ0v) is 25.4. The number of hydrogen-bond donors (Lipinski definition) is 4. The van der Waals surface area contributed by atoms with E-state index in [9.17, 15) is 37.9 Å². The van der Waals surface area contributed by atoms with Gasteiger partial charge < -0.3 is 26.0 Å². The highest BCUT2D eigenvalue weighted by molar-refractivity contribution is 6.38. The van der Waals surface area contributed by atoms with Crippen molar-refractivity contribution in [2.45, 2.75) is 110 Å². The van der Waals surface area contributed by atoms with E-state index < -0.39 is 71.9 Å². The molecule has 1 heterocycles. The van der Waals surface area contributed by atoms with Crippen molar-refractivity contribution < 1.29 is 37.9 Å². The minimum absolute atomic E-state index is 0.0359. The fourth-order valence-corrected chi connectivity index (χ4v) is 6.08. The van der Waals surface area contributed by atoms with E-state index in [0.29, 0.717) is 13.3 Å². The zero-order chi connectivity index (χ0) is 32.0. The fraction of sp³-hybridized carbons (Fsp3) is 0.645. The molecule has 238 valence electrons. The van der Waals surface area contributed by atoms with Gasteiger partial charge in [0.2, 0.25) is 23.5 Å². The van der Waals surface area contributed by atoms with Crippen LogP contribution in [0.4, 0.5) is 13.6 Å². The van der Waals surface area contributed by atoms with Crippen LogP contribution in [0.1, 0.15) is 84.6 Å². The number of halogens is 2. The van der Waals surface area contributed by atoms with Gasteiger partial charge in [0, 0.05) is 19.5 Å². The molecule has 0 radical (unpaired) electrons. The molecule has 0 bridgehead atoms. The highest BCUT2D eigenvalue weighted by atomic mass is 19.3. The third-order valence-electron chi connectivity index (χ3n) is 8.41. The van der Waals surface area contributed by atoms with Crippen LogP contribution in [0.3, 0.4) is 0 Å². The van der Waals surface area contributed by atoms with Crippen LogP contribution < -0.4 is 16.0 Å². The van der Waals surface area contributed by atoms with Gasteiger partial charge in [0.1, 0.15) is 12.1 Å². The third-order valence-corrected chi connectivity index (χ3v) is 8.41. The summed E-state index contributed by atoms with van der Waals surface area (Å²) in [6.07, 6.45) is 2.09. The van der Waals surface area contributed by atoms with E-state index in [0.717, 1.165) is 37.7 Å². The molecule has 3 atom stereocenters. The maximum Gasteiger partial charge on any atom is 0.405 e. The highest BCUT2D eigenvalue weighted by Crippen LogP contribution is 2.47. The summed E-state index contributed by atoms with van der Waals surface area (Å²) in [6, 6.07) is 5.07. The molecule has 12 heteroatoms. The molecule has 43 heavy (non-hydrogen) atoms. The monoisotopic (exact) mass is 606 g/mol. The SMILES string of the molecule is CC(F)(F)CCC(NC(=O)C1CC2(CCCCC2)CN1C(=O)C(NC(=O)O)C(C)(C)C)C(=O)C(=O)NCc1ccccc1. The molecule has 1 aromatic carbocycles. The minimum Gasteiger partial charge on any atom is -0.465 e. The number of nitrogens with zero attached hydrogens (tertiary/aromatic N) is 1. The van der Waals surface area contributed by atoms with Gasteiger partial charge >= 0.3 is 6.09 Å². The fourth-order valence-electron chi connectivity index (χ4n) is 6.08. The lowest BCUT2D eigenvalue weighted by atomic mass is 9.72. The predicted octanol–water partition coefficient (Wildman–Crippen LogP) is 4.03. The Labute approximate surface area is 251 Å². The normalized spacial score (nSPS) is 19.8. The molecule has 4 amide bonds. The van der Waals surface area contributed by atoms with Gasteiger partial charge in [0.15, 0.2) is 0 Å². The van der Waals surface area contributed by atoms with Crippen LogP contribution in [0.25, 0.3) is 0 Å². The average Bonchev–Trinajstić information content (AvgIpc) is 3.30. The number of likely N-dealkylation sites (tertiary alicyclic amines) is 1. The summed E-state index contributed by atoms with van der Waals surface area (Å²) in [4.78, 5) is 66.6. The Morgan fingerprint density at radius 3 is 2.19 bits per heavy atom. The van der Waals surface area contributed by atoms with Gasteiger partial charge in [-0.2, -0.15) is 0 Å². The van der Waals surface area contributed by atoms with Gasteiger partial charge in [-0.15, -0.1) is 0 Å². The second-order valence-electron chi connectivity index (χ2n) is 13.2. The Kier molecular flexibility index (Phi) is 10.9. The minimum atomic E-state index is -3.15. The summed E-state index contributed by atoms with van der Waals surface area (Å²) < 4.78 is 27.7. The van der Waals surface area contributed by atoms with E-state index in [4.69, 9.17) is 0 Å². The summed E-state index contributed by atoms with van der Waals surface area (Å²) in [5, 5.41) is 16.7. The molecule has 3 rings (SSSR count). The summed E-state index contributed by atoms with van der Waals surface area (Å²) in [5.41, 5.74) is -0.448. The lowest BCUT2D eigenvalue weighted by Gasteiger charge is -2.36. The van der Waals surface area contributed by atoms with Gasteiger partial charge in [0.05, 0.1) is 6.04 Å². The second-order valence-corrected chi connectivity index (χ2v) is 13.2. The zero-order valence-electron chi connectivity index (χ0n) is 25.4. The summed E-state index contributed by atoms with van der Waals surface area (Å²) >= 11 is 0. The van der Waals surface area contributed by atoms with Crippen molar-refractivity contribution in [3.63, 3.8) is 0 Å². The number of alkyl halides is 2. The van der Waals surface area contributed by atoms with E-state index in [1.165, 1.54) is 4.90 Å². The topological polar surface area (TPSA) is 145 Å². The van der Waals surface area contributed by atoms with Crippen molar-refractivity contribution in [2.24, 2.45) is 10.8 Å². The number of amides is 4. The molecule has 4 N–H and O–H groups in total. The van der Waals surface area contributed by atoms with Crippen LogP contribution >= 0.6 is 0 Å². The number of carboxylic acid groups (broad SMARTS) is 1. The Bertz CT molecular complexity index is 1170. The Morgan fingerprint density at radius 2 is 1.63 bits per heavy atom. The molecule has 1 spiro atoms. The van der Waals surface area contributed by atoms with Crippen molar-refractivity contribution in [3.8, 4) is 0 Å². The molecule has 1 saturated carbocycles. The first-order chi connectivity index (χ1) is 20.0. The Morgan fingerprint density at radius 1 is 1.00 bits per heavy atom. The lowest BCUT2D eigenvalue weighted by Crippen LogP contribution is -2.59. The molecular formula is C31H44F2N4O6. The standard InChI is InChI=1S/C31H44F2N4O6/c1-29(2,3)24(36-28(42)43)27(41)37-19-31(14-9-6-10-15-31)17-22(37)25(39)35-21(13-16-30(4,32)33)23(38)26(40)34-18-20-11-7-5-8-12-20/h5,7-8,11-12,21-22,24,36H,6,9-10,13-19H2,1-4H3,(H,34,40)(H,35,39)(H,42,43). The van der Waals surface area contributed by atoms with Crippen molar-refractivity contribution >= 4 is 29.6 Å². The van der Waals surface area contributed by atoms with Crippen LogP contribution in [0, 0.1) is 10.8 Å². The van der Waals surface area contributed by atoms with E-state index in [1.807, 2.05) is 0 Å². The van der Waals surface area contributed by atoms with Gasteiger partial charge in [0.25, 0.3) is 5.91 Å². The van der Waals surface area contributed by atoms with Crippen molar-refractivity contribution in [1.82, 2.24) is 20.9 Å². The molecule has 1 aliphatic heterocycles. The number of Topliss-reactive ketones (excluding diaryl/α,β-unsaturated/α-hetero) is 1. The summed E-state index contributed by atoms with van der Waals surface area (Å²) in [6.45, 7) is 6.09. The van der Waals surface area contributed by atoms with Gasteiger partial charge in [-0.1, -0.05) is 70.4 Å². The maximum absolute atomic E-state index is 13.9. The molecular weight excluding hydrogens is 562 g/mol. The predicted molar refractivity (Wildman–Crippen MR) is 155 cm³/mol. The van der Waals surface area contributed by atoms with Crippen molar-refractivity contribution in [1.29, 1.82) is 0 Å². The van der Waals surface area contributed by atoms with Gasteiger partial charge in [-0.3, -0.25) is 19.2 Å². The summed E-state index contributed by atoms with van der Waals surface area (Å²) in [5.74, 6) is -6.52. The molecule has 2 aliphatic rings. The number of carbonyl (C=O) groups excluding carboxylic acids is 4. The molecule has 1 aliphatic carbocycles. The van der Waals surface area contributed by atoms with Crippen LogP contribution in [0.15, 0.2) is 30.3 Å². The molecule has 1 saturated heterocycles. The first-order valence-corrected chi connectivity index (χ1v) is 14.9. The smallest absolute Gasteiger partial charge is 0.405 e. The van der Waals surface area contributed by atoms with E-state index in [-0.39, 0.29) is 18.5 Å². The van der Waals surface area contributed by atoms with Gasteiger partial charge in [-0.05, 0) is 49.0 Å². The molecule has 10 nitrogen and oxygen atoms in total. The van der Waals surface area contributed by atoms with E-state index in [1.54, 1.807) is 51.1 Å². The maximum atomic E-state index is 13.9. The highest BCUT2D eigenvalue weighted by Gasteiger charge is 2.51.